The van der Waals surface area contributed by atoms with Gasteiger partial charge >= 0.3 is 6.61 Å². The van der Waals surface area contributed by atoms with Gasteiger partial charge in [-0.05, 0) is 56.8 Å². The quantitative estimate of drug-likeness (QED) is 0.221. The number of nitrogens with one attached hydrogen (secondary N) is 1. The van der Waals surface area contributed by atoms with Crippen molar-refractivity contribution in [2.24, 2.45) is 5.73 Å². The van der Waals surface area contributed by atoms with Crippen LogP contribution in [0.5, 0.6) is 5.75 Å². The molecule has 12 nitrogen and oxygen atoms in total. The molecule has 240 valence electrons. The van der Waals surface area contributed by atoms with E-state index in [2.05, 4.69) is 39.2 Å². The Morgan fingerprint density at radius 2 is 2.04 bits per heavy atom. The van der Waals surface area contributed by atoms with Gasteiger partial charge in [0.2, 0.25) is 5.91 Å². The highest BCUT2D eigenvalue weighted by Crippen LogP contribution is 2.38. The van der Waals surface area contributed by atoms with Crippen molar-refractivity contribution in [3.63, 3.8) is 0 Å². The van der Waals surface area contributed by atoms with E-state index in [1.165, 1.54) is 39.4 Å². The zero-order chi connectivity index (χ0) is 32.1. The van der Waals surface area contributed by atoms with Crippen LogP contribution in [0.1, 0.15) is 37.0 Å². The second-order valence-electron chi connectivity index (χ2n) is 10.8. The first-order valence-electron chi connectivity index (χ1n) is 14.8. The lowest BCUT2D eigenvalue weighted by molar-refractivity contribution is -0.133. The van der Waals surface area contributed by atoms with Crippen molar-refractivity contribution >= 4 is 34.9 Å². The molecule has 1 aromatic carbocycles. The molecule has 3 aromatic heterocycles. The topological polar surface area (TPSA) is 136 Å². The van der Waals surface area contributed by atoms with E-state index in [4.69, 9.17) is 10.5 Å². The molecule has 1 aliphatic rings. The maximum Gasteiger partial charge on any atom is 0.387 e. The number of benzene rings is 1. The normalized spacial score (nSPS) is 14.8. The molecule has 0 radical (unpaired) electrons. The zero-order valence-corrected chi connectivity index (χ0v) is 26.2. The Hall–Kier alpha value is -4.08. The Labute approximate surface area is 263 Å². The number of hydrogen-bond acceptors (Lipinski definition) is 9. The van der Waals surface area contributed by atoms with E-state index in [0.29, 0.717) is 31.3 Å². The van der Waals surface area contributed by atoms with Crippen molar-refractivity contribution in [2.75, 3.05) is 37.8 Å². The molecule has 1 aliphatic heterocycles. The van der Waals surface area contributed by atoms with Crippen LogP contribution in [-0.2, 0) is 11.3 Å². The van der Waals surface area contributed by atoms with Crippen LogP contribution in [-0.4, -0.2) is 97.1 Å². The number of likely N-dealkylation sites (N-methyl/N-ethyl adjacent to an activating group) is 1. The van der Waals surface area contributed by atoms with Crippen LogP contribution >= 0.6 is 11.8 Å². The lowest BCUT2D eigenvalue weighted by Crippen LogP contribution is -2.51. The molecule has 1 fully saturated rings. The van der Waals surface area contributed by atoms with Gasteiger partial charge in [-0.1, -0.05) is 6.92 Å². The third-order valence-corrected chi connectivity index (χ3v) is 8.77. The Kier molecular flexibility index (Phi) is 10.3. The van der Waals surface area contributed by atoms with Gasteiger partial charge in [-0.2, -0.15) is 19.0 Å². The van der Waals surface area contributed by atoms with E-state index in [1.807, 2.05) is 6.26 Å². The number of rotatable bonds is 12. The number of alkyl halides is 2. The average molecular weight is 642 g/mol. The minimum atomic E-state index is -3.07. The Morgan fingerprint density at radius 3 is 2.73 bits per heavy atom. The van der Waals surface area contributed by atoms with E-state index < -0.39 is 12.5 Å². The summed E-state index contributed by atoms with van der Waals surface area (Å²) < 4.78 is 34.5. The van der Waals surface area contributed by atoms with Crippen LogP contribution in [0.2, 0.25) is 0 Å². The summed E-state index contributed by atoms with van der Waals surface area (Å²) in [6.07, 6.45) is 9.64. The summed E-state index contributed by atoms with van der Waals surface area (Å²) in [7, 11) is 0. The van der Waals surface area contributed by atoms with Gasteiger partial charge in [0.25, 0.3) is 5.91 Å². The summed E-state index contributed by atoms with van der Waals surface area (Å²) in [5.41, 5.74) is 7.10. The molecular weight excluding hydrogens is 604 g/mol. The van der Waals surface area contributed by atoms with Gasteiger partial charge in [-0.3, -0.25) is 19.2 Å². The SMILES string of the molecule is CCN(C1CCN(C(=O)Cn2cc(NC(=O)c3cnn4cccnc34)c(-c3cc(SC)ccc3OC(F)F)n2)CC1)[C@@H](C)CN. The molecule has 15 heteroatoms. The highest BCUT2D eigenvalue weighted by molar-refractivity contribution is 7.98. The molecule has 1 saturated heterocycles. The third kappa shape index (κ3) is 7.26. The van der Waals surface area contributed by atoms with Gasteiger partial charge in [0, 0.05) is 60.8 Å². The summed E-state index contributed by atoms with van der Waals surface area (Å²) in [4.78, 5) is 36.1. The summed E-state index contributed by atoms with van der Waals surface area (Å²) >= 11 is 1.41. The fraction of sp³-hybridized carbons (Fsp3) is 0.433. The number of halogens is 2. The summed E-state index contributed by atoms with van der Waals surface area (Å²) in [5.74, 6) is -0.770. The Bertz CT molecular complexity index is 1640. The second-order valence-corrected chi connectivity index (χ2v) is 11.6. The van der Waals surface area contributed by atoms with Crippen molar-refractivity contribution in [3.8, 4) is 17.0 Å². The number of aromatic nitrogens is 5. The lowest BCUT2D eigenvalue weighted by atomic mass is 10.0. The highest BCUT2D eigenvalue weighted by atomic mass is 32.2. The minimum Gasteiger partial charge on any atom is -0.434 e. The van der Waals surface area contributed by atoms with Gasteiger partial charge in [0.05, 0.1) is 11.9 Å². The predicted molar refractivity (Wildman–Crippen MR) is 168 cm³/mol. The maximum absolute atomic E-state index is 13.4. The number of thioether (sulfide) groups is 1. The van der Waals surface area contributed by atoms with Crippen molar-refractivity contribution in [3.05, 3.63) is 54.6 Å². The van der Waals surface area contributed by atoms with Gasteiger partial charge in [0.1, 0.15) is 23.6 Å². The molecule has 4 heterocycles. The molecule has 2 amide bonds. The average Bonchev–Trinajstić information content (AvgIpc) is 3.65. The molecule has 4 aromatic rings. The Balaban J connectivity index is 1.42. The predicted octanol–water partition coefficient (Wildman–Crippen LogP) is 3.83. The zero-order valence-electron chi connectivity index (χ0n) is 25.4. The first kappa shape index (κ1) is 32.3. The maximum atomic E-state index is 13.4. The van der Waals surface area contributed by atoms with Gasteiger partial charge in [-0.15, -0.1) is 11.8 Å². The molecule has 0 bridgehead atoms. The van der Waals surface area contributed by atoms with Crippen LogP contribution in [0.25, 0.3) is 16.9 Å². The van der Waals surface area contributed by atoms with E-state index in [9.17, 15) is 18.4 Å². The molecule has 0 saturated carbocycles. The number of amides is 2. The smallest absolute Gasteiger partial charge is 0.387 e. The van der Waals surface area contributed by atoms with Crippen LogP contribution in [0.3, 0.4) is 0 Å². The molecule has 45 heavy (non-hydrogen) atoms. The number of nitrogens with zero attached hydrogens (tertiary/aromatic N) is 7. The summed E-state index contributed by atoms with van der Waals surface area (Å²) in [6.45, 7) is 3.72. The molecule has 3 N–H and O–H groups in total. The largest absolute Gasteiger partial charge is 0.434 e. The molecule has 0 unspecified atom stereocenters. The fourth-order valence-electron chi connectivity index (χ4n) is 5.74. The molecule has 1 atom stereocenters. The van der Waals surface area contributed by atoms with Gasteiger partial charge < -0.3 is 20.7 Å². The first-order chi connectivity index (χ1) is 21.7. The number of carbonyl (C=O) groups excluding carboxylic acids is 2. The second kappa shape index (κ2) is 14.3. The number of hydrogen-bond donors (Lipinski definition) is 2. The third-order valence-electron chi connectivity index (χ3n) is 8.05. The van der Waals surface area contributed by atoms with E-state index in [1.54, 1.807) is 35.5 Å². The lowest BCUT2D eigenvalue weighted by Gasteiger charge is -2.40. The standard InChI is InChI=1S/C30H37F2N9O3S/c1-4-40(19(2)15-33)20-8-12-38(13-9-20)26(42)18-39-17-24(36-29(43)23-16-35-41-11-5-10-34-28(23)41)27(37-39)22-14-21(45-3)6-7-25(22)44-30(31)32/h5-7,10-11,14,16-17,19-20,30H,4,8-9,12-13,15,18,33H2,1-3H3,(H,36,43)/t19-/m0/s1. The number of nitrogens with two attached hydrogens (primary N) is 1. The van der Waals surface area contributed by atoms with Gasteiger partial charge in [-0.25, -0.2) is 9.50 Å². The summed E-state index contributed by atoms with van der Waals surface area (Å²) in [6, 6.07) is 7.06. The Morgan fingerprint density at radius 1 is 1.27 bits per heavy atom. The van der Waals surface area contributed by atoms with Crippen molar-refractivity contribution in [1.29, 1.82) is 0 Å². The van der Waals surface area contributed by atoms with E-state index in [0.717, 1.165) is 24.3 Å². The number of carbonyl (C=O) groups is 2. The van der Waals surface area contributed by atoms with E-state index in [-0.39, 0.29) is 46.8 Å². The van der Waals surface area contributed by atoms with E-state index >= 15 is 0 Å². The fourth-order valence-corrected chi connectivity index (χ4v) is 6.18. The van der Waals surface area contributed by atoms with Crippen LogP contribution in [0, 0.1) is 0 Å². The molecule has 0 spiro atoms. The number of ether oxygens (including phenoxy) is 1. The van der Waals surface area contributed by atoms with Crippen molar-refractivity contribution in [1.82, 2.24) is 34.2 Å². The van der Waals surface area contributed by atoms with Crippen molar-refractivity contribution < 1.29 is 23.1 Å². The molecule has 0 aliphatic carbocycles. The van der Waals surface area contributed by atoms with Crippen LogP contribution in [0.15, 0.2) is 53.9 Å². The van der Waals surface area contributed by atoms with Gasteiger partial charge in [0.15, 0.2) is 5.65 Å². The highest BCUT2D eigenvalue weighted by Gasteiger charge is 2.29. The molecular formula is C30H37F2N9O3S. The van der Waals surface area contributed by atoms with Crippen molar-refractivity contribution in [2.45, 2.75) is 56.8 Å². The monoisotopic (exact) mass is 641 g/mol. The van der Waals surface area contributed by atoms with Crippen LogP contribution in [0.4, 0.5) is 14.5 Å². The number of likely N-dealkylation sites (tertiary alicyclic amines) is 1. The number of piperidine rings is 1. The number of fused-ring (bicyclic) bond motifs is 1. The van der Waals surface area contributed by atoms with Crippen LogP contribution < -0.4 is 15.8 Å². The summed E-state index contributed by atoms with van der Waals surface area (Å²) in [5, 5.41) is 11.6. The minimum absolute atomic E-state index is 0.101. The number of anilines is 1. The first-order valence-corrected chi connectivity index (χ1v) is 16.0. The molecule has 5 rings (SSSR count).